The number of hydrogen-bond acceptors (Lipinski definition) is 4. The van der Waals surface area contributed by atoms with Gasteiger partial charge in [0.25, 0.3) is 0 Å². The first-order valence-corrected chi connectivity index (χ1v) is 9.01. The SMILES string of the molecule is COC(=O)[C@@H]1Cc2cc(OC)ccc2[C@H]2CC[C@]3(C)C(=O)CCC3=C12. The predicted molar refractivity (Wildman–Crippen MR) is 93.6 cm³/mol. The van der Waals surface area contributed by atoms with E-state index in [1.165, 1.54) is 23.8 Å². The number of Topliss-reactive ketones (excluding diaryl/α,β-unsaturated/α-hetero) is 1. The van der Waals surface area contributed by atoms with Gasteiger partial charge in [0.15, 0.2) is 0 Å². The molecule has 0 spiro atoms. The van der Waals surface area contributed by atoms with Crippen molar-refractivity contribution >= 4 is 11.8 Å². The maximum atomic E-state index is 12.6. The molecular formula is C21H24O4. The zero-order chi connectivity index (χ0) is 17.8. The summed E-state index contributed by atoms with van der Waals surface area (Å²) in [5.41, 5.74) is 4.46. The molecule has 0 radical (unpaired) electrons. The lowest BCUT2D eigenvalue weighted by Crippen LogP contribution is -2.37. The third-order valence-corrected chi connectivity index (χ3v) is 6.55. The van der Waals surface area contributed by atoms with Crippen molar-refractivity contribution in [2.24, 2.45) is 11.3 Å². The molecule has 0 aliphatic heterocycles. The first-order chi connectivity index (χ1) is 12.0. The monoisotopic (exact) mass is 340 g/mol. The number of benzene rings is 1. The van der Waals surface area contributed by atoms with Gasteiger partial charge in [-0.25, -0.2) is 0 Å². The molecule has 132 valence electrons. The number of fused-ring (bicyclic) bond motifs is 4. The highest BCUT2D eigenvalue weighted by Gasteiger charge is 2.51. The standard InChI is InChI=1S/C21H24O4/c1-21-9-8-15-14-5-4-13(24-2)10-12(14)11-16(20(23)25-3)19(15)17(21)6-7-18(21)22/h4-5,10,15-16H,6-9,11H2,1-3H3/t15-,16-,21+/m1/s1. The first kappa shape index (κ1) is 16.4. The third kappa shape index (κ3) is 2.26. The maximum absolute atomic E-state index is 12.6. The van der Waals surface area contributed by atoms with Gasteiger partial charge in [-0.15, -0.1) is 0 Å². The van der Waals surface area contributed by atoms with E-state index in [0.29, 0.717) is 18.6 Å². The number of esters is 1. The molecule has 1 saturated carbocycles. The first-order valence-electron chi connectivity index (χ1n) is 9.01. The molecule has 1 aromatic rings. The van der Waals surface area contributed by atoms with Crippen molar-refractivity contribution in [2.45, 2.75) is 44.9 Å². The van der Waals surface area contributed by atoms with Crippen molar-refractivity contribution in [3.05, 3.63) is 40.5 Å². The van der Waals surface area contributed by atoms with E-state index < -0.39 is 0 Å². The molecule has 3 aliphatic carbocycles. The van der Waals surface area contributed by atoms with Gasteiger partial charge >= 0.3 is 5.97 Å². The van der Waals surface area contributed by atoms with Crippen molar-refractivity contribution in [3.63, 3.8) is 0 Å². The zero-order valence-corrected chi connectivity index (χ0v) is 15.1. The Hall–Kier alpha value is -2.10. The molecular weight excluding hydrogens is 316 g/mol. The summed E-state index contributed by atoms with van der Waals surface area (Å²) in [6.45, 7) is 2.07. The maximum Gasteiger partial charge on any atom is 0.313 e. The Balaban J connectivity index is 1.91. The summed E-state index contributed by atoms with van der Waals surface area (Å²) in [5, 5.41) is 0. The van der Waals surface area contributed by atoms with Crippen LogP contribution in [0.3, 0.4) is 0 Å². The molecule has 4 nitrogen and oxygen atoms in total. The van der Waals surface area contributed by atoms with Crippen LogP contribution in [0.2, 0.25) is 0 Å². The average Bonchev–Trinajstić information content (AvgIpc) is 2.94. The van der Waals surface area contributed by atoms with E-state index in [1.807, 2.05) is 12.1 Å². The van der Waals surface area contributed by atoms with Gasteiger partial charge in [-0.3, -0.25) is 9.59 Å². The Morgan fingerprint density at radius 2 is 2.04 bits per heavy atom. The van der Waals surface area contributed by atoms with Crippen LogP contribution in [0.1, 0.15) is 49.7 Å². The van der Waals surface area contributed by atoms with Crippen LogP contribution in [0, 0.1) is 11.3 Å². The van der Waals surface area contributed by atoms with Crippen LogP contribution >= 0.6 is 0 Å². The van der Waals surface area contributed by atoms with Crippen LogP contribution in [0.4, 0.5) is 0 Å². The van der Waals surface area contributed by atoms with Gasteiger partial charge in [0.2, 0.25) is 0 Å². The van der Waals surface area contributed by atoms with Crippen LogP contribution in [-0.2, 0) is 20.7 Å². The van der Waals surface area contributed by atoms with Crippen molar-refractivity contribution in [2.75, 3.05) is 14.2 Å². The largest absolute Gasteiger partial charge is 0.497 e. The quantitative estimate of drug-likeness (QED) is 0.610. The molecule has 4 heteroatoms. The smallest absolute Gasteiger partial charge is 0.313 e. The lowest BCUT2D eigenvalue weighted by Gasteiger charge is -2.43. The Morgan fingerprint density at radius 1 is 1.24 bits per heavy atom. The summed E-state index contributed by atoms with van der Waals surface area (Å²) < 4.78 is 10.5. The van der Waals surface area contributed by atoms with Crippen molar-refractivity contribution in [1.29, 1.82) is 0 Å². The summed E-state index contributed by atoms with van der Waals surface area (Å²) in [6, 6.07) is 6.17. The molecule has 4 rings (SSSR count). The summed E-state index contributed by atoms with van der Waals surface area (Å²) >= 11 is 0. The van der Waals surface area contributed by atoms with Crippen molar-refractivity contribution in [1.82, 2.24) is 0 Å². The molecule has 3 atom stereocenters. The highest BCUT2D eigenvalue weighted by molar-refractivity contribution is 5.92. The fourth-order valence-electron chi connectivity index (χ4n) is 5.20. The fourth-order valence-corrected chi connectivity index (χ4v) is 5.20. The number of methoxy groups -OCH3 is 2. The van der Waals surface area contributed by atoms with Gasteiger partial charge in [0.05, 0.1) is 20.1 Å². The van der Waals surface area contributed by atoms with Crippen LogP contribution in [0.15, 0.2) is 29.3 Å². The van der Waals surface area contributed by atoms with Gasteiger partial charge in [-0.05, 0) is 61.4 Å². The van der Waals surface area contributed by atoms with E-state index in [2.05, 4.69) is 13.0 Å². The minimum Gasteiger partial charge on any atom is -0.497 e. The molecule has 0 N–H and O–H groups in total. The predicted octanol–water partition coefficient (Wildman–Crippen LogP) is 3.58. The Bertz CT molecular complexity index is 791. The fraction of sp³-hybridized carbons (Fsp3) is 0.524. The van der Waals surface area contributed by atoms with Crippen LogP contribution < -0.4 is 4.74 Å². The second kappa shape index (κ2) is 5.72. The van der Waals surface area contributed by atoms with E-state index >= 15 is 0 Å². The van der Waals surface area contributed by atoms with E-state index in [-0.39, 0.29) is 23.2 Å². The van der Waals surface area contributed by atoms with Gasteiger partial charge in [-0.1, -0.05) is 11.6 Å². The van der Waals surface area contributed by atoms with Gasteiger partial charge in [0.1, 0.15) is 11.5 Å². The number of allylic oxidation sites excluding steroid dienone is 1. The number of ketones is 1. The number of ether oxygens (including phenoxy) is 2. The molecule has 0 unspecified atom stereocenters. The Morgan fingerprint density at radius 3 is 2.76 bits per heavy atom. The van der Waals surface area contributed by atoms with E-state index in [4.69, 9.17) is 9.47 Å². The number of hydrogen-bond donors (Lipinski definition) is 0. The van der Waals surface area contributed by atoms with Crippen molar-refractivity contribution in [3.8, 4) is 5.75 Å². The second-order valence-corrected chi connectivity index (χ2v) is 7.63. The molecule has 0 aromatic heterocycles. The Kier molecular flexibility index (Phi) is 3.75. The van der Waals surface area contributed by atoms with E-state index in [1.54, 1.807) is 7.11 Å². The van der Waals surface area contributed by atoms with Gasteiger partial charge in [-0.2, -0.15) is 0 Å². The molecule has 0 bridgehead atoms. The van der Waals surface area contributed by atoms with Gasteiger partial charge in [0, 0.05) is 17.8 Å². The summed E-state index contributed by atoms with van der Waals surface area (Å²) in [4.78, 5) is 25.1. The highest BCUT2D eigenvalue weighted by atomic mass is 16.5. The third-order valence-electron chi connectivity index (χ3n) is 6.55. The van der Waals surface area contributed by atoms with Crippen LogP contribution in [-0.4, -0.2) is 26.0 Å². The summed E-state index contributed by atoms with van der Waals surface area (Å²) in [6.07, 6.45) is 3.80. The second-order valence-electron chi connectivity index (χ2n) is 7.63. The van der Waals surface area contributed by atoms with E-state index in [0.717, 1.165) is 30.6 Å². The summed E-state index contributed by atoms with van der Waals surface area (Å²) in [7, 11) is 3.11. The molecule has 25 heavy (non-hydrogen) atoms. The number of carbonyl (C=O) groups excluding carboxylic acids is 2. The van der Waals surface area contributed by atoms with Crippen molar-refractivity contribution < 1.29 is 19.1 Å². The molecule has 0 amide bonds. The minimum atomic E-state index is -0.373. The highest BCUT2D eigenvalue weighted by Crippen LogP contribution is 2.57. The number of carbonyl (C=O) groups is 2. The normalized spacial score (nSPS) is 30.4. The van der Waals surface area contributed by atoms with Gasteiger partial charge < -0.3 is 9.47 Å². The van der Waals surface area contributed by atoms with Crippen LogP contribution in [0.25, 0.3) is 0 Å². The average molecular weight is 340 g/mol. The van der Waals surface area contributed by atoms with Crippen LogP contribution in [0.5, 0.6) is 5.75 Å². The zero-order valence-electron chi connectivity index (χ0n) is 15.1. The molecule has 0 heterocycles. The minimum absolute atomic E-state index is 0.190. The number of rotatable bonds is 2. The molecule has 3 aliphatic rings. The molecule has 1 aromatic carbocycles. The van der Waals surface area contributed by atoms with E-state index in [9.17, 15) is 9.59 Å². The Labute approximate surface area is 148 Å². The molecule has 0 saturated heterocycles. The summed E-state index contributed by atoms with van der Waals surface area (Å²) in [5.74, 6) is 0.889. The molecule has 1 fully saturated rings. The lowest BCUT2D eigenvalue weighted by atomic mass is 9.60. The lowest BCUT2D eigenvalue weighted by molar-refractivity contribution is -0.144. The topological polar surface area (TPSA) is 52.6 Å².